The minimum Gasteiger partial charge on any atom is -0.326 e. The van der Waals surface area contributed by atoms with Gasteiger partial charge in [0.25, 0.3) is 0 Å². The van der Waals surface area contributed by atoms with Gasteiger partial charge < -0.3 is 5.32 Å². The van der Waals surface area contributed by atoms with Gasteiger partial charge in [-0.05, 0) is 37.3 Å². The largest absolute Gasteiger partial charge is 0.326 e. The summed E-state index contributed by atoms with van der Waals surface area (Å²) in [5.41, 5.74) is 2.50. The Morgan fingerprint density at radius 2 is 2.04 bits per heavy atom. The van der Waals surface area contributed by atoms with Gasteiger partial charge in [0.2, 0.25) is 5.91 Å². The van der Waals surface area contributed by atoms with E-state index in [0.717, 1.165) is 11.1 Å². The smallest absolute Gasteiger partial charge is 0.226 e. The molecule has 0 aliphatic heterocycles. The molecular weight excluding hydrogens is 375 g/mol. The van der Waals surface area contributed by atoms with Crippen molar-refractivity contribution in [3.8, 4) is 11.4 Å². The van der Waals surface area contributed by atoms with Gasteiger partial charge in [-0.25, -0.2) is 4.39 Å². The van der Waals surface area contributed by atoms with Gasteiger partial charge in [-0.1, -0.05) is 41.4 Å². The number of benzene rings is 2. The Bertz CT molecular complexity index is 997. The van der Waals surface area contributed by atoms with Crippen molar-refractivity contribution in [3.05, 3.63) is 63.6 Å². The van der Waals surface area contributed by atoms with Crippen LogP contribution in [0.25, 0.3) is 11.4 Å². The number of carbonyl (C=O) groups excluding carboxylic acids is 1. The standard InChI is InChI=1S/C18H16ClFN4OS/c1-11-2-4-12(5-3-11)17-22-23-18(26)24(17)9-8-16(25)21-13-6-7-15(20)14(19)10-13/h2-7,10H,8-9H2,1H3,(H,21,25)(H,23,26). The molecule has 0 atom stereocenters. The number of carbonyl (C=O) groups is 1. The van der Waals surface area contributed by atoms with E-state index >= 15 is 0 Å². The number of H-pyrrole nitrogens is 1. The van der Waals surface area contributed by atoms with E-state index in [1.165, 1.54) is 18.2 Å². The SMILES string of the molecule is Cc1ccc(-c2n[nH]c(=S)n2CCC(=O)Nc2ccc(F)c(Cl)c2)cc1. The van der Waals surface area contributed by atoms with Gasteiger partial charge in [0.15, 0.2) is 10.6 Å². The maximum atomic E-state index is 13.2. The van der Waals surface area contributed by atoms with Crippen LogP contribution in [0, 0.1) is 17.5 Å². The maximum Gasteiger partial charge on any atom is 0.226 e. The molecule has 1 aromatic heterocycles. The summed E-state index contributed by atoms with van der Waals surface area (Å²) in [5.74, 6) is -0.0876. The number of hydrogen-bond acceptors (Lipinski definition) is 3. The number of aryl methyl sites for hydroxylation is 1. The van der Waals surface area contributed by atoms with E-state index in [2.05, 4.69) is 15.5 Å². The molecule has 0 aliphatic carbocycles. The molecule has 0 unspecified atom stereocenters. The third-order valence-corrected chi connectivity index (χ3v) is 4.44. The Kier molecular flexibility index (Phi) is 5.49. The summed E-state index contributed by atoms with van der Waals surface area (Å²) in [6, 6.07) is 11.9. The molecule has 3 rings (SSSR count). The van der Waals surface area contributed by atoms with Crippen LogP contribution in [0.1, 0.15) is 12.0 Å². The number of nitrogens with one attached hydrogen (secondary N) is 2. The lowest BCUT2D eigenvalue weighted by molar-refractivity contribution is -0.116. The molecule has 0 saturated heterocycles. The van der Waals surface area contributed by atoms with Crippen molar-refractivity contribution < 1.29 is 9.18 Å². The third-order valence-electron chi connectivity index (χ3n) is 3.83. The van der Waals surface area contributed by atoms with Gasteiger partial charge in [0.05, 0.1) is 5.02 Å². The maximum absolute atomic E-state index is 13.2. The average Bonchev–Trinajstić information content (AvgIpc) is 2.98. The average molecular weight is 391 g/mol. The lowest BCUT2D eigenvalue weighted by atomic mass is 10.1. The highest BCUT2D eigenvalue weighted by molar-refractivity contribution is 7.71. The first kappa shape index (κ1) is 18.3. The van der Waals surface area contributed by atoms with Crippen molar-refractivity contribution in [2.24, 2.45) is 0 Å². The monoisotopic (exact) mass is 390 g/mol. The van der Waals surface area contributed by atoms with E-state index < -0.39 is 5.82 Å². The first-order chi connectivity index (χ1) is 12.4. The summed E-state index contributed by atoms with van der Waals surface area (Å²) < 4.78 is 15.4. The lowest BCUT2D eigenvalue weighted by Gasteiger charge is -2.09. The van der Waals surface area contributed by atoms with Gasteiger partial charge in [0, 0.05) is 24.2 Å². The Balaban J connectivity index is 1.70. The fourth-order valence-corrected chi connectivity index (χ4v) is 2.86. The van der Waals surface area contributed by atoms with E-state index in [1.54, 1.807) is 4.57 Å². The molecule has 0 spiro atoms. The highest BCUT2D eigenvalue weighted by Gasteiger charge is 2.11. The van der Waals surface area contributed by atoms with Crippen molar-refractivity contribution in [3.63, 3.8) is 0 Å². The van der Waals surface area contributed by atoms with E-state index in [1.807, 2.05) is 31.2 Å². The van der Waals surface area contributed by atoms with Crippen LogP contribution < -0.4 is 5.32 Å². The quantitative estimate of drug-likeness (QED) is 0.618. The van der Waals surface area contributed by atoms with Gasteiger partial charge in [0.1, 0.15) is 5.82 Å². The zero-order chi connectivity index (χ0) is 18.7. The molecule has 3 aromatic rings. The number of amides is 1. The minimum absolute atomic E-state index is 0.0403. The summed E-state index contributed by atoms with van der Waals surface area (Å²) >= 11 is 11.0. The first-order valence-corrected chi connectivity index (χ1v) is 8.70. The molecule has 134 valence electrons. The Hall–Kier alpha value is -2.51. The summed E-state index contributed by atoms with van der Waals surface area (Å²) in [4.78, 5) is 12.2. The number of aromatic amines is 1. The molecule has 0 radical (unpaired) electrons. The highest BCUT2D eigenvalue weighted by atomic mass is 35.5. The van der Waals surface area contributed by atoms with Crippen LogP contribution in [0.2, 0.25) is 5.02 Å². The van der Waals surface area contributed by atoms with E-state index in [4.69, 9.17) is 23.8 Å². The van der Waals surface area contributed by atoms with Crippen molar-refractivity contribution >= 4 is 35.4 Å². The second-order valence-corrected chi connectivity index (χ2v) is 6.59. The van der Waals surface area contributed by atoms with Gasteiger partial charge in [-0.15, -0.1) is 0 Å². The predicted molar refractivity (Wildman–Crippen MR) is 102 cm³/mol. The van der Waals surface area contributed by atoms with Gasteiger partial charge in [-0.2, -0.15) is 5.10 Å². The molecule has 0 bridgehead atoms. The lowest BCUT2D eigenvalue weighted by Crippen LogP contribution is -2.15. The van der Waals surface area contributed by atoms with Crippen molar-refractivity contribution in [2.45, 2.75) is 19.9 Å². The topological polar surface area (TPSA) is 62.7 Å². The molecule has 8 heteroatoms. The third kappa shape index (κ3) is 4.17. The van der Waals surface area contributed by atoms with Crippen LogP contribution in [-0.2, 0) is 11.3 Å². The Morgan fingerprint density at radius 3 is 2.73 bits per heavy atom. The molecular formula is C18H16ClFN4OS. The molecule has 1 heterocycles. The molecule has 0 aliphatic rings. The van der Waals surface area contributed by atoms with Gasteiger partial charge in [-0.3, -0.25) is 14.5 Å². The normalized spacial score (nSPS) is 10.7. The fraction of sp³-hybridized carbons (Fsp3) is 0.167. The summed E-state index contributed by atoms with van der Waals surface area (Å²) in [5, 5.41) is 9.67. The summed E-state index contributed by atoms with van der Waals surface area (Å²) in [7, 11) is 0. The molecule has 5 nitrogen and oxygen atoms in total. The molecule has 0 fully saturated rings. The molecule has 1 amide bonds. The van der Waals surface area contributed by atoms with E-state index in [0.29, 0.717) is 22.8 Å². The first-order valence-electron chi connectivity index (χ1n) is 7.91. The number of nitrogens with zero attached hydrogens (tertiary/aromatic N) is 2. The Labute approximate surface area is 159 Å². The number of aromatic nitrogens is 3. The van der Waals surface area contributed by atoms with Crippen molar-refractivity contribution in [1.29, 1.82) is 0 Å². The molecule has 26 heavy (non-hydrogen) atoms. The second-order valence-electron chi connectivity index (χ2n) is 5.80. The number of rotatable bonds is 5. The van der Waals surface area contributed by atoms with E-state index in [9.17, 15) is 9.18 Å². The Morgan fingerprint density at radius 1 is 1.31 bits per heavy atom. The number of hydrogen-bond donors (Lipinski definition) is 2. The predicted octanol–water partition coefficient (Wildman–Crippen LogP) is 4.74. The van der Waals surface area contributed by atoms with E-state index in [-0.39, 0.29) is 17.4 Å². The van der Waals surface area contributed by atoms with Crippen LogP contribution in [0.3, 0.4) is 0 Å². The van der Waals surface area contributed by atoms with Crippen LogP contribution in [0.15, 0.2) is 42.5 Å². The van der Waals surface area contributed by atoms with Crippen LogP contribution in [0.4, 0.5) is 10.1 Å². The fourth-order valence-electron chi connectivity index (χ4n) is 2.46. The van der Waals surface area contributed by atoms with Crippen LogP contribution in [0.5, 0.6) is 0 Å². The van der Waals surface area contributed by atoms with Gasteiger partial charge >= 0.3 is 0 Å². The van der Waals surface area contributed by atoms with Crippen LogP contribution >= 0.6 is 23.8 Å². The van der Waals surface area contributed by atoms with Crippen LogP contribution in [-0.4, -0.2) is 20.7 Å². The molecule has 0 saturated carbocycles. The zero-order valence-corrected chi connectivity index (χ0v) is 15.5. The molecule has 2 N–H and O–H groups in total. The minimum atomic E-state index is -0.530. The summed E-state index contributed by atoms with van der Waals surface area (Å²) in [6.45, 7) is 2.37. The van der Waals surface area contributed by atoms with Crippen molar-refractivity contribution in [2.75, 3.05) is 5.32 Å². The highest BCUT2D eigenvalue weighted by Crippen LogP contribution is 2.20. The second kappa shape index (κ2) is 7.80. The number of anilines is 1. The van der Waals surface area contributed by atoms with Crippen molar-refractivity contribution in [1.82, 2.24) is 14.8 Å². The summed E-state index contributed by atoms with van der Waals surface area (Å²) in [6.07, 6.45) is 0.182. The number of halogens is 2. The molecule has 2 aromatic carbocycles. The zero-order valence-electron chi connectivity index (χ0n) is 13.9.